The van der Waals surface area contributed by atoms with Gasteiger partial charge >= 0.3 is 0 Å². The Morgan fingerprint density at radius 1 is 1.37 bits per heavy atom. The Morgan fingerprint density at radius 2 is 2.16 bits per heavy atom. The number of benzene rings is 1. The summed E-state index contributed by atoms with van der Waals surface area (Å²) in [4.78, 5) is 12.1. The average Bonchev–Trinajstić information content (AvgIpc) is 2.86. The van der Waals surface area contributed by atoms with E-state index in [0.29, 0.717) is 10.6 Å². The summed E-state index contributed by atoms with van der Waals surface area (Å²) >= 11 is 1.05. The third-order valence-electron chi connectivity index (χ3n) is 2.27. The van der Waals surface area contributed by atoms with Gasteiger partial charge < -0.3 is 0 Å². The Morgan fingerprint density at radius 3 is 2.84 bits per heavy atom. The highest BCUT2D eigenvalue weighted by Crippen LogP contribution is 2.07. The molecule has 0 atom stereocenters. The summed E-state index contributed by atoms with van der Waals surface area (Å²) in [6, 6.07) is 9.83. The molecule has 1 N–H and O–H groups in total. The lowest BCUT2D eigenvalue weighted by atomic mass is 10.2. The summed E-state index contributed by atoms with van der Waals surface area (Å²) in [5.74, 6) is -0.295. The van der Waals surface area contributed by atoms with Crippen molar-refractivity contribution in [1.82, 2.24) is 15.0 Å². The van der Waals surface area contributed by atoms with Crippen LogP contribution in [-0.2, 0) is 0 Å². The zero-order valence-corrected chi connectivity index (χ0v) is 11.1. The van der Waals surface area contributed by atoms with Crippen molar-refractivity contribution in [2.45, 2.75) is 6.92 Å². The molecule has 0 spiro atoms. The minimum absolute atomic E-state index is 0.295. The monoisotopic (exact) mass is 272 g/mol. The van der Waals surface area contributed by atoms with Crippen LogP contribution in [0.3, 0.4) is 0 Å². The maximum absolute atomic E-state index is 11.6. The number of nitrogens with zero attached hydrogens (tertiary/aromatic N) is 3. The third kappa shape index (κ3) is 3.82. The summed E-state index contributed by atoms with van der Waals surface area (Å²) < 4.78 is 3.69. The summed E-state index contributed by atoms with van der Waals surface area (Å²) in [6.45, 7) is 1.73. The van der Waals surface area contributed by atoms with E-state index < -0.39 is 0 Å². The largest absolute Gasteiger partial charge is 0.285 e. The molecule has 96 valence electrons. The van der Waals surface area contributed by atoms with Crippen molar-refractivity contribution in [2.24, 2.45) is 5.10 Å². The fourth-order valence-electron chi connectivity index (χ4n) is 1.35. The van der Waals surface area contributed by atoms with Gasteiger partial charge in [-0.3, -0.25) is 4.79 Å². The summed E-state index contributed by atoms with van der Waals surface area (Å²) in [6.07, 6.45) is 5.18. The van der Waals surface area contributed by atoms with Crippen LogP contribution in [0.2, 0.25) is 0 Å². The molecule has 0 aliphatic rings. The van der Waals surface area contributed by atoms with Gasteiger partial charge in [-0.2, -0.15) is 5.10 Å². The Hall–Kier alpha value is -2.34. The minimum atomic E-state index is -0.295. The van der Waals surface area contributed by atoms with E-state index in [-0.39, 0.29) is 5.91 Å². The molecule has 5 nitrogen and oxygen atoms in total. The second-order valence-corrected chi connectivity index (χ2v) is 4.43. The van der Waals surface area contributed by atoms with Gasteiger partial charge in [-0.05, 0) is 30.1 Å². The number of amides is 1. The molecule has 2 aromatic rings. The van der Waals surface area contributed by atoms with Crippen molar-refractivity contribution in [1.29, 1.82) is 0 Å². The van der Waals surface area contributed by atoms with E-state index in [4.69, 9.17) is 0 Å². The molecule has 2 rings (SSSR count). The summed E-state index contributed by atoms with van der Waals surface area (Å²) in [5.41, 5.74) is 4.10. The first-order valence-electron chi connectivity index (χ1n) is 5.61. The number of carbonyl (C=O) groups is 1. The second kappa shape index (κ2) is 6.55. The fraction of sp³-hybridized carbons (Fsp3) is 0.0769. The number of hydrogen-bond donors (Lipinski definition) is 1. The first kappa shape index (κ1) is 13.1. The highest BCUT2D eigenvalue weighted by Gasteiger charge is 2.11. The lowest BCUT2D eigenvalue weighted by molar-refractivity contribution is 0.0958. The number of hydrogen-bond acceptors (Lipinski definition) is 5. The van der Waals surface area contributed by atoms with E-state index in [2.05, 4.69) is 20.1 Å². The van der Waals surface area contributed by atoms with Crippen LogP contribution >= 0.6 is 11.5 Å². The van der Waals surface area contributed by atoms with E-state index in [1.54, 1.807) is 13.0 Å². The predicted octanol–water partition coefficient (Wildman–Crippen LogP) is 2.28. The normalized spacial score (nSPS) is 11.2. The molecule has 0 aliphatic heterocycles. The molecule has 1 amide bonds. The molecule has 6 heteroatoms. The van der Waals surface area contributed by atoms with Crippen molar-refractivity contribution in [3.63, 3.8) is 0 Å². The van der Waals surface area contributed by atoms with Crippen LogP contribution in [0.4, 0.5) is 0 Å². The van der Waals surface area contributed by atoms with Gasteiger partial charge in [0, 0.05) is 6.21 Å². The number of allylic oxidation sites excluding steroid dienone is 1. The third-order valence-corrected chi connectivity index (χ3v) is 3.10. The van der Waals surface area contributed by atoms with Gasteiger partial charge in [0.25, 0.3) is 5.91 Å². The molecule has 0 fully saturated rings. The smallest absolute Gasteiger partial charge is 0.266 e. The highest BCUT2D eigenvalue weighted by atomic mass is 32.1. The molecule has 0 unspecified atom stereocenters. The minimum Gasteiger partial charge on any atom is -0.266 e. The highest BCUT2D eigenvalue weighted by molar-refractivity contribution is 7.07. The van der Waals surface area contributed by atoms with Crippen LogP contribution < -0.4 is 5.43 Å². The zero-order valence-electron chi connectivity index (χ0n) is 10.3. The first-order valence-corrected chi connectivity index (χ1v) is 6.39. The van der Waals surface area contributed by atoms with Crippen LogP contribution in [0.1, 0.15) is 20.9 Å². The summed E-state index contributed by atoms with van der Waals surface area (Å²) in [5, 5.41) is 7.59. The maximum atomic E-state index is 11.6. The van der Waals surface area contributed by atoms with Gasteiger partial charge in [0.15, 0.2) is 0 Å². The Kier molecular flexibility index (Phi) is 4.52. The molecule has 0 radical (unpaired) electrons. The van der Waals surface area contributed by atoms with E-state index >= 15 is 0 Å². The van der Waals surface area contributed by atoms with Crippen LogP contribution in [0.25, 0.3) is 6.08 Å². The van der Waals surface area contributed by atoms with Gasteiger partial charge in [0.1, 0.15) is 4.88 Å². The Balaban J connectivity index is 1.86. The van der Waals surface area contributed by atoms with Gasteiger partial charge in [0.2, 0.25) is 0 Å². The van der Waals surface area contributed by atoms with Crippen molar-refractivity contribution in [3.8, 4) is 0 Å². The molecular weight excluding hydrogens is 260 g/mol. The molecule has 1 aromatic carbocycles. The maximum Gasteiger partial charge on any atom is 0.285 e. The number of rotatable bonds is 4. The number of hydrazone groups is 1. The fourth-order valence-corrected chi connectivity index (χ4v) is 1.89. The van der Waals surface area contributed by atoms with Crippen LogP contribution in [0, 0.1) is 6.92 Å². The standard InChI is InChI=1S/C13H12N4OS/c1-10-12(19-17-15-10)13(18)16-14-9-5-8-11-6-3-2-4-7-11/h2-9H,1H3,(H,16,18). The van der Waals surface area contributed by atoms with Crippen LogP contribution in [0.5, 0.6) is 0 Å². The molecule has 1 heterocycles. The molecule has 0 bridgehead atoms. The van der Waals surface area contributed by atoms with E-state index in [1.165, 1.54) is 6.21 Å². The lowest BCUT2D eigenvalue weighted by Crippen LogP contribution is -2.16. The molecule has 0 aliphatic carbocycles. The number of carbonyl (C=O) groups excluding carboxylic acids is 1. The molecule has 0 saturated carbocycles. The average molecular weight is 272 g/mol. The Labute approximate surface area is 114 Å². The molecular formula is C13H12N4OS. The lowest BCUT2D eigenvalue weighted by Gasteiger charge is -1.94. The van der Waals surface area contributed by atoms with Gasteiger partial charge in [0.05, 0.1) is 5.69 Å². The Bertz CT molecular complexity index is 604. The molecule has 1 aromatic heterocycles. The topological polar surface area (TPSA) is 67.2 Å². The van der Waals surface area contributed by atoms with Gasteiger partial charge in [-0.1, -0.05) is 40.9 Å². The van der Waals surface area contributed by atoms with E-state index in [0.717, 1.165) is 17.1 Å². The van der Waals surface area contributed by atoms with Crippen molar-refractivity contribution in [3.05, 3.63) is 52.5 Å². The quantitative estimate of drug-likeness (QED) is 0.686. The second-order valence-electron chi connectivity index (χ2n) is 3.68. The number of nitrogens with one attached hydrogen (secondary N) is 1. The van der Waals surface area contributed by atoms with E-state index in [1.807, 2.05) is 36.4 Å². The van der Waals surface area contributed by atoms with Crippen molar-refractivity contribution in [2.75, 3.05) is 0 Å². The van der Waals surface area contributed by atoms with E-state index in [9.17, 15) is 4.79 Å². The molecule has 0 saturated heterocycles. The molecule has 19 heavy (non-hydrogen) atoms. The SMILES string of the molecule is Cc1nnsc1C(=O)NN=CC=Cc1ccccc1. The van der Waals surface area contributed by atoms with Crippen LogP contribution in [-0.4, -0.2) is 21.7 Å². The van der Waals surface area contributed by atoms with Crippen LogP contribution in [0.15, 0.2) is 41.5 Å². The first-order chi connectivity index (χ1) is 9.27. The van der Waals surface area contributed by atoms with Crippen molar-refractivity contribution >= 4 is 29.7 Å². The van der Waals surface area contributed by atoms with Gasteiger partial charge in [-0.25, -0.2) is 5.43 Å². The predicted molar refractivity (Wildman–Crippen MR) is 76.1 cm³/mol. The number of aromatic nitrogens is 2. The number of aryl methyl sites for hydroxylation is 1. The summed E-state index contributed by atoms with van der Waals surface area (Å²) in [7, 11) is 0. The van der Waals surface area contributed by atoms with Crippen molar-refractivity contribution < 1.29 is 4.79 Å². The van der Waals surface area contributed by atoms with Gasteiger partial charge in [-0.15, -0.1) is 5.10 Å². The zero-order chi connectivity index (χ0) is 13.5.